The Morgan fingerprint density at radius 1 is 1.71 bits per heavy atom. The summed E-state index contributed by atoms with van der Waals surface area (Å²) in [7, 11) is -2.38. The molecule has 0 bridgehead atoms. The van der Waals surface area contributed by atoms with E-state index in [1.807, 2.05) is 0 Å². The fourth-order valence-electron chi connectivity index (χ4n) is 0.268. The molecule has 1 aliphatic heterocycles. The molecule has 1 fully saturated rings. The molecule has 5 heteroatoms. The monoisotopic (exact) mass is 128 g/mol. The number of hydrogen-bond donors (Lipinski definition) is 0. The second-order valence-electron chi connectivity index (χ2n) is 1.02. The van der Waals surface area contributed by atoms with Crippen LogP contribution in [0.3, 0.4) is 0 Å². The molecule has 0 aromatic carbocycles. The highest BCUT2D eigenvalue weighted by Gasteiger charge is 2.26. The van der Waals surface area contributed by atoms with Gasteiger partial charge in [0, 0.05) is 0 Å². The summed E-state index contributed by atoms with van der Waals surface area (Å²) in [4.78, 5) is 0. The minimum atomic E-state index is -2.38. The van der Waals surface area contributed by atoms with Crippen LogP contribution in [-0.4, -0.2) is 13.0 Å². The van der Waals surface area contributed by atoms with E-state index in [1.54, 1.807) is 0 Å². The molecule has 1 saturated heterocycles. The topological polar surface area (TPSA) is 18.5 Å². The third-order valence-electron chi connectivity index (χ3n) is 0.504. The fourth-order valence-corrected chi connectivity index (χ4v) is 0.804. The zero-order valence-electron chi connectivity index (χ0n) is 3.30. The molecule has 7 heavy (non-hydrogen) atoms. The molecular weight excluding hydrogens is 125 g/mol. The zero-order valence-corrected chi connectivity index (χ0v) is 4.20. The second-order valence-corrected chi connectivity index (χ2v) is 1.92. The van der Waals surface area contributed by atoms with Crippen molar-refractivity contribution >= 4 is 8.69 Å². The van der Waals surface area contributed by atoms with Crippen LogP contribution in [0.25, 0.3) is 0 Å². The van der Waals surface area contributed by atoms with E-state index >= 15 is 0 Å². The largest absolute Gasteiger partial charge is 0.377 e. The van der Waals surface area contributed by atoms with Gasteiger partial charge >= 0.3 is 8.69 Å². The quantitative estimate of drug-likeness (QED) is 0.460. The summed E-state index contributed by atoms with van der Waals surface area (Å²) in [6, 6.07) is 0. The van der Waals surface area contributed by atoms with E-state index in [9.17, 15) is 8.59 Å². The van der Waals surface area contributed by atoms with E-state index in [1.165, 1.54) is 0 Å². The van der Waals surface area contributed by atoms with Crippen LogP contribution in [-0.2, 0) is 9.05 Å². The first kappa shape index (κ1) is 5.35. The molecule has 0 aromatic rings. The van der Waals surface area contributed by atoms with E-state index in [4.69, 9.17) is 0 Å². The van der Waals surface area contributed by atoms with E-state index < -0.39 is 15.0 Å². The van der Waals surface area contributed by atoms with Gasteiger partial charge in [-0.1, -0.05) is 0 Å². The maximum absolute atomic E-state index is 11.6. The van der Waals surface area contributed by atoms with Crippen LogP contribution in [0.1, 0.15) is 0 Å². The molecule has 0 amide bonds. The molecular formula is C2H3F2O2P. The second kappa shape index (κ2) is 1.99. The lowest BCUT2D eigenvalue weighted by atomic mass is 10.8. The lowest BCUT2D eigenvalue weighted by molar-refractivity contribution is 0.0913. The van der Waals surface area contributed by atoms with Gasteiger partial charge in [-0.25, -0.2) is 4.39 Å². The van der Waals surface area contributed by atoms with E-state index in [0.29, 0.717) is 0 Å². The Labute approximate surface area is 40.5 Å². The van der Waals surface area contributed by atoms with Crippen molar-refractivity contribution in [1.29, 1.82) is 0 Å². The standard InChI is InChI=1S/C2H3F2O2P/c3-2-1-5-7(4)6-2/h2H,1H2. The van der Waals surface area contributed by atoms with Crippen molar-refractivity contribution in [2.24, 2.45) is 0 Å². The van der Waals surface area contributed by atoms with Gasteiger partial charge < -0.3 is 4.52 Å². The van der Waals surface area contributed by atoms with E-state index in [-0.39, 0.29) is 6.61 Å². The lowest BCUT2D eigenvalue weighted by Gasteiger charge is -1.89. The van der Waals surface area contributed by atoms with Crippen molar-refractivity contribution in [3.8, 4) is 0 Å². The summed E-state index contributed by atoms with van der Waals surface area (Å²) in [5.41, 5.74) is 0. The summed E-state index contributed by atoms with van der Waals surface area (Å²) in [6.07, 6.45) is -1.55. The van der Waals surface area contributed by atoms with Crippen LogP contribution in [0.5, 0.6) is 0 Å². The Hall–Kier alpha value is 0.210. The first-order valence-electron chi connectivity index (χ1n) is 1.69. The maximum atomic E-state index is 11.6. The summed E-state index contributed by atoms with van der Waals surface area (Å²) < 4.78 is 31.1. The van der Waals surface area contributed by atoms with Crippen LogP contribution in [0.15, 0.2) is 0 Å². The summed E-state index contributed by atoms with van der Waals surface area (Å²) in [5, 5.41) is 0. The third-order valence-corrected chi connectivity index (χ3v) is 1.25. The first-order valence-corrected chi connectivity index (χ1v) is 2.75. The average Bonchev–Trinajstić information content (AvgIpc) is 1.87. The molecule has 2 atom stereocenters. The predicted molar refractivity (Wildman–Crippen MR) is 20.0 cm³/mol. The summed E-state index contributed by atoms with van der Waals surface area (Å²) >= 11 is 0. The molecule has 2 nitrogen and oxygen atoms in total. The Balaban J connectivity index is 2.26. The molecule has 0 spiro atoms. The number of alkyl halides is 1. The first-order chi connectivity index (χ1) is 3.29. The summed E-state index contributed by atoms with van der Waals surface area (Å²) in [5.74, 6) is 0. The highest BCUT2D eigenvalue weighted by Crippen LogP contribution is 2.46. The fraction of sp³-hybridized carbons (Fsp3) is 1.00. The van der Waals surface area contributed by atoms with Gasteiger partial charge in [0.1, 0.15) is 6.61 Å². The van der Waals surface area contributed by atoms with Crippen molar-refractivity contribution in [1.82, 2.24) is 0 Å². The van der Waals surface area contributed by atoms with Crippen molar-refractivity contribution in [2.45, 2.75) is 6.36 Å². The normalized spacial score (nSPS) is 42.0. The molecule has 1 aliphatic rings. The molecule has 2 unspecified atom stereocenters. The van der Waals surface area contributed by atoms with E-state index in [2.05, 4.69) is 9.05 Å². The van der Waals surface area contributed by atoms with Crippen LogP contribution in [0.2, 0.25) is 0 Å². The van der Waals surface area contributed by atoms with Crippen LogP contribution in [0, 0.1) is 0 Å². The maximum Gasteiger partial charge on any atom is 0.377 e. The van der Waals surface area contributed by atoms with Gasteiger partial charge in [-0.05, 0) is 0 Å². The zero-order chi connectivity index (χ0) is 5.28. The van der Waals surface area contributed by atoms with Crippen LogP contribution < -0.4 is 0 Å². The van der Waals surface area contributed by atoms with Crippen molar-refractivity contribution < 1.29 is 17.6 Å². The van der Waals surface area contributed by atoms with Crippen molar-refractivity contribution in [3.63, 3.8) is 0 Å². The van der Waals surface area contributed by atoms with Gasteiger partial charge in [0.05, 0.1) is 0 Å². The highest BCUT2D eigenvalue weighted by molar-refractivity contribution is 7.41. The molecule has 0 aromatic heterocycles. The number of hydrogen-bond acceptors (Lipinski definition) is 2. The van der Waals surface area contributed by atoms with Gasteiger partial charge in [-0.2, -0.15) is 4.20 Å². The van der Waals surface area contributed by atoms with Gasteiger partial charge in [-0.15, -0.1) is 0 Å². The Bertz CT molecular complexity index is 62.7. The van der Waals surface area contributed by atoms with Gasteiger partial charge in [0.25, 0.3) is 0 Å². The van der Waals surface area contributed by atoms with Gasteiger partial charge in [0.15, 0.2) is 0 Å². The Kier molecular flexibility index (Phi) is 1.52. The molecule has 0 saturated carbocycles. The highest BCUT2D eigenvalue weighted by atomic mass is 31.2. The molecule has 0 N–H and O–H groups in total. The van der Waals surface area contributed by atoms with Gasteiger partial charge in [0.2, 0.25) is 6.36 Å². The molecule has 1 heterocycles. The van der Waals surface area contributed by atoms with Crippen LogP contribution >= 0.6 is 8.69 Å². The van der Waals surface area contributed by atoms with Gasteiger partial charge in [-0.3, -0.25) is 4.52 Å². The van der Waals surface area contributed by atoms with Crippen LogP contribution in [0.4, 0.5) is 8.59 Å². The SMILES string of the molecule is FC1COP(F)O1. The minimum Gasteiger partial charge on any atom is -0.303 e. The average molecular weight is 128 g/mol. The molecule has 1 rings (SSSR count). The van der Waals surface area contributed by atoms with Crippen molar-refractivity contribution in [3.05, 3.63) is 0 Å². The van der Waals surface area contributed by atoms with E-state index in [0.717, 1.165) is 0 Å². The lowest BCUT2D eigenvalue weighted by Crippen LogP contribution is -1.97. The summed E-state index contributed by atoms with van der Waals surface area (Å²) in [6.45, 7) is -0.262. The number of halogens is 2. The number of rotatable bonds is 0. The van der Waals surface area contributed by atoms with Crippen molar-refractivity contribution in [2.75, 3.05) is 6.61 Å². The third kappa shape index (κ3) is 1.30. The Morgan fingerprint density at radius 2 is 2.43 bits per heavy atom. The minimum absolute atomic E-state index is 0.262. The smallest absolute Gasteiger partial charge is 0.303 e. The Morgan fingerprint density at radius 3 is 2.57 bits per heavy atom. The molecule has 0 radical (unpaired) electrons. The predicted octanol–water partition coefficient (Wildman–Crippen LogP) is 1.53. The molecule has 42 valence electrons. The molecule has 0 aliphatic carbocycles.